The third-order valence-corrected chi connectivity index (χ3v) is 6.48. The lowest BCUT2D eigenvalue weighted by molar-refractivity contribution is -0.121. The summed E-state index contributed by atoms with van der Waals surface area (Å²) in [6, 6.07) is 12.9. The van der Waals surface area contributed by atoms with Crippen molar-refractivity contribution in [3.8, 4) is 0 Å². The maximum atomic E-state index is 13.6. The van der Waals surface area contributed by atoms with Crippen molar-refractivity contribution in [2.45, 2.75) is 71.8 Å². The Morgan fingerprint density at radius 3 is 2.23 bits per heavy atom. The van der Waals surface area contributed by atoms with E-state index in [-0.39, 0.29) is 29.7 Å². The number of rotatable bonds is 7. The highest BCUT2D eigenvalue weighted by molar-refractivity contribution is 5.77. The summed E-state index contributed by atoms with van der Waals surface area (Å²) in [6.45, 7) is 11.5. The largest absolute Gasteiger partial charge is 0.444 e. The molecule has 3 rings (SSSR count). The molecule has 1 atom stereocenters. The number of nitrogens with one attached hydrogen (secondary N) is 1. The zero-order valence-electron chi connectivity index (χ0n) is 21.7. The van der Waals surface area contributed by atoms with Crippen LogP contribution in [-0.2, 0) is 16.0 Å². The minimum absolute atomic E-state index is 0.00160. The van der Waals surface area contributed by atoms with Crippen LogP contribution >= 0.6 is 0 Å². The summed E-state index contributed by atoms with van der Waals surface area (Å²) in [6.07, 6.45) is 2.38. The van der Waals surface area contributed by atoms with Gasteiger partial charge >= 0.3 is 6.09 Å². The fraction of sp³-hybridized carbons (Fsp3) is 0.517. The molecule has 0 radical (unpaired) electrons. The summed E-state index contributed by atoms with van der Waals surface area (Å²) >= 11 is 0. The van der Waals surface area contributed by atoms with E-state index < -0.39 is 5.60 Å². The van der Waals surface area contributed by atoms with Gasteiger partial charge in [0.25, 0.3) is 0 Å². The topological polar surface area (TPSA) is 58.6 Å². The van der Waals surface area contributed by atoms with E-state index >= 15 is 0 Å². The predicted octanol–water partition coefficient (Wildman–Crippen LogP) is 5.92. The van der Waals surface area contributed by atoms with Gasteiger partial charge in [0.05, 0.1) is 0 Å². The number of piperidine rings is 1. The summed E-state index contributed by atoms with van der Waals surface area (Å²) in [5, 5.41) is 3.08. The van der Waals surface area contributed by atoms with Gasteiger partial charge in [0.15, 0.2) is 0 Å². The molecule has 0 aromatic heterocycles. The van der Waals surface area contributed by atoms with Crippen LogP contribution in [0.2, 0.25) is 0 Å². The van der Waals surface area contributed by atoms with Gasteiger partial charge in [-0.25, -0.2) is 9.18 Å². The van der Waals surface area contributed by atoms with E-state index in [9.17, 15) is 14.0 Å². The van der Waals surface area contributed by atoms with E-state index in [1.807, 2.05) is 20.8 Å². The first-order valence-corrected chi connectivity index (χ1v) is 12.6. The number of hydrogen-bond acceptors (Lipinski definition) is 3. The van der Waals surface area contributed by atoms with Gasteiger partial charge in [-0.05, 0) is 89.0 Å². The predicted molar refractivity (Wildman–Crippen MR) is 137 cm³/mol. The summed E-state index contributed by atoms with van der Waals surface area (Å²) in [7, 11) is 0. The summed E-state index contributed by atoms with van der Waals surface area (Å²) in [5.74, 6) is -0.0923. The standard InChI is InChI=1S/C29H39FN2O3/c1-20-16-21(2)18-22(17-20)10-13-31-27(33)19-26(23-6-8-25(30)9-7-23)24-11-14-32(15-12-24)28(34)35-29(3,4)5/h6-9,16-18,24,26H,10-15,19H2,1-5H3,(H,31,33). The molecule has 1 aliphatic heterocycles. The molecule has 5 nitrogen and oxygen atoms in total. The molecular weight excluding hydrogens is 443 g/mol. The number of carbonyl (C=O) groups excluding carboxylic acids is 2. The van der Waals surface area contributed by atoms with E-state index in [0.29, 0.717) is 26.1 Å². The molecule has 1 heterocycles. The molecule has 35 heavy (non-hydrogen) atoms. The minimum Gasteiger partial charge on any atom is -0.444 e. The van der Waals surface area contributed by atoms with Gasteiger partial charge in [-0.1, -0.05) is 41.5 Å². The number of amides is 2. The summed E-state index contributed by atoms with van der Waals surface area (Å²) in [4.78, 5) is 27.1. The zero-order valence-corrected chi connectivity index (χ0v) is 21.7. The second-order valence-electron chi connectivity index (χ2n) is 10.8. The van der Waals surface area contributed by atoms with Gasteiger partial charge in [0, 0.05) is 26.1 Å². The van der Waals surface area contributed by atoms with Crippen molar-refractivity contribution in [3.05, 3.63) is 70.5 Å². The number of aryl methyl sites for hydroxylation is 2. The van der Waals surface area contributed by atoms with Gasteiger partial charge in [0.2, 0.25) is 5.91 Å². The second kappa shape index (κ2) is 11.7. The number of nitrogens with zero attached hydrogens (tertiary/aromatic N) is 1. The van der Waals surface area contributed by atoms with E-state index in [1.54, 1.807) is 17.0 Å². The van der Waals surface area contributed by atoms with Gasteiger partial charge in [-0.3, -0.25) is 4.79 Å². The van der Waals surface area contributed by atoms with Crippen molar-refractivity contribution in [3.63, 3.8) is 0 Å². The molecule has 6 heteroatoms. The lowest BCUT2D eigenvalue weighted by atomic mass is 9.78. The van der Waals surface area contributed by atoms with E-state index in [4.69, 9.17) is 4.74 Å². The average molecular weight is 483 g/mol. The highest BCUT2D eigenvalue weighted by Gasteiger charge is 2.32. The molecule has 1 saturated heterocycles. The van der Waals surface area contributed by atoms with Crippen molar-refractivity contribution in [2.75, 3.05) is 19.6 Å². The smallest absolute Gasteiger partial charge is 0.410 e. The number of halogens is 1. The second-order valence-corrected chi connectivity index (χ2v) is 10.8. The van der Waals surface area contributed by atoms with Crippen LogP contribution in [0, 0.1) is 25.6 Å². The molecular formula is C29H39FN2O3. The highest BCUT2D eigenvalue weighted by Crippen LogP contribution is 2.36. The molecule has 2 amide bonds. The molecule has 0 saturated carbocycles. The normalized spacial score (nSPS) is 15.5. The molecule has 1 aliphatic rings. The Morgan fingerprint density at radius 1 is 1.06 bits per heavy atom. The van der Waals surface area contributed by atoms with Crippen LogP contribution in [0.15, 0.2) is 42.5 Å². The zero-order chi connectivity index (χ0) is 25.6. The molecule has 0 aliphatic carbocycles. The Labute approximate surface area is 209 Å². The van der Waals surface area contributed by atoms with Crippen molar-refractivity contribution < 1.29 is 18.7 Å². The Balaban J connectivity index is 1.60. The van der Waals surface area contributed by atoms with Crippen LogP contribution < -0.4 is 5.32 Å². The van der Waals surface area contributed by atoms with Gasteiger partial charge in [0.1, 0.15) is 11.4 Å². The van der Waals surface area contributed by atoms with Gasteiger partial charge < -0.3 is 15.0 Å². The van der Waals surface area contributed by atoms with Crippen molar-refractivity contribution >= 4 is 12.0 Å². The third kappa shape index (κ3) is 8.37. The minimum atomic E-state index is -0.528. The Bertz CT molecular complexity index is 985. The monoisotopic (exact) mass is 482 g/mol. The molecule has 2 aromatic rings. The Morgan fingerprint density at radius 2 is 1.66 bits per heavy atom. The average Bonchev–Trinajstić information content (AvgIpc) is 2.76. The van der Waals surface area contributed by atoms with Gasteiger partial charge in [-0.15, -0.1) is 0 Å². The lowest BCUT2D eigenvalue weighted by Gasteiger charge is -2.37. The first kappa shape index (κ1) is 26.7. The summed E-state index contributed by atoms with van der Waals surface area (Å²) < 4.78 is 19.1. The quantitative estimate of drug-likeness (QED) is 0.533. The molecule has 1 unspecified atom stereocenters. The van der Waals surface area contributed by atoms with E-state index in [1.165, 1.54) is 28.8 Å². The maximum absolute atomic E-state index is 13.6. The number of carbonyl (C=O) groups is 2. The summed E-state index contributed by atoms with van der Waals surface area (Å²) in [5.41, 5.74) is 4.10. The van der Waals surface area contributed by atoms with Crippen LogP contribution in [0.25, 0.3) is 0 Å². The van der Waals surface area contributed by atoms with Crippen LogP contribution in [0.4, 0.5) is 9.18 Å². The van der Waals surface area contributed by atoms with Gasteiger partial charge in [-0.2, -0.15) is 0 Å². The number of likely N-dealkylation sites (tertiary alicyclic amines) is 1. The van der Waals surface area contributed by atoms with Crippen LogP contribution in [0.5, 0.6) is 0 Å². The maximum Gasteiger partial charge on any atom is 0.410 e. The fourth-order valence-corrected chi connectivity index (χ4v) is 4.91. The number of benzene rings is 2. The number of hydrogen-bond donors (Lipinski definition) is 1. The van der Waals surface area contributed by atoms with Crippen LogP contribution in [0.3, 0.4) is 0 Å². The molecule has 0 bridgehead atoms. The van der Waals surface area contributed by atoms with E-state index in [0.717, 1.165) is 24.8 Å². The Kier molecular flexibility index (Phi) is 8.92. The SMILES string of the molecule is Cc1cc(C)cc(CCNC(=O)CC(c2ccc(F)cc2)C2CCN(C(=O)OC(C)(C)C)CC2)c1. The molecule has 2 aromatic carbocycles. The van der Waals surface area contributed by atoms with Crippen molar-refractivity contribution in [1.82, 2.24) is 10.2 Å². The number of ether oxygens (including phenoxy) is 1. The lowest BCUT2D eigenvalue weighted by Crippen LogP contribution is -2.43. The van der Waals surface area contributed by atoms with Crippen LogP contribution in [-0.4, -0.2) is 42.1 Å². The fourth-order valence-electron chi connectivity index (χ4n) is 4.91. The van der Waals surface area contributed by atoms with Crippen molar-refractivity contribution in [2.24, 2.45) is 5.92 Å². The first-order valence-electron chi connectivity index (χ1n) is 12.6. The van der Waals surface area contributed by atoms with Crippen molar-refractivity contribution in [1.29, 1.82) is 0 Å². The molecule has 1 fully saturated rings. The van der Waals surface area contributed by atoms with E-state index in [2.05, 4.69) is 37.4 Å². The first-order chi connectivity index (χ1) is 16.5. The highest BCUT2D eigenvalue weighted by atomic mass is 19.1. The Hall–Kier alpha value is -2.89. The third-order valence-electron chi connectivity index (χ3n) is 6.48. The molecule has 0 spiro atoms. The molecule has 1 N–H and O–H groups in total. The van der Waals surface area contributed by atoms with Crippen LogP contribution in [0.1, 0.15) is 68.2 Å². The molecule has 190 valence electrons.